The summed E-state index contributed by atoms with van der Waals surface area (Å²) in [5.74, 6) is -0.600. The number of anilines is 1. The number of nitrogens with zero attached hydrogens (tertiary/aromatic N) is 3. The molecule has 0 fully saturated rings. The number of rotatable bonds is 12. The summed E-state index contributed by atoms with van der Waals surface area (Å²) in [5.41, 5.74) is 1.40. The van der Waals surface area contributed by atoms with E-state index in [1.807, 2.05) is 29.9 Å². The van der Waals surface area contributed by atoms with Gasteiger partial charge in [-0.1, -0.05) is 6.08 Å². The lowest BCUT2D eigenvalue weighted by atomic mass is 10.3. The number of amides is 2. The van der Waals surface area contributed by atoms with Crippen LogP contribution in [-0.2, 0) is 37.9 Å². The minimum absolute atomic E-state index is 0.0205. The van der Waals surface area contributed by atoms with E-state index in [0.29, 0.717) is 25.4 Å². The zero-order chi connectivity index (χ0) is 23.7. The largest absolute Gasteiger partial charge is 0.383 e. The van der Waals surface area contributed by atoms with Crippen LogP contribution in [0.4, 0.5) is 5.69 Å². The van der Waals surface area contributed by atoms with E-state index < -0.39 is 10.0 Å². The topological polar surface area (TPSA) is 101 Å². The van der Waals surface area contributed by atoms with E-state index in [1.165, 1.54) is 37.3 Å². The number of benzene rings is 1. The van der Waals surface area contributed by atoms with Gasteiger partial charge in [-0.2, -0.15) is 4.31 Å². The van der Waals surface area contributed by atoms with Gasteiger partial charge >= 0.3 is 0 Å². The van der Waals surface area contributed by atoms with Crippen molar-refractivity contribution in [3.05, 3.63) is 60.9 Å². The Bertz CT molecular complexity index is 1030. The summed E-state index contributed by atoms with van der Waals surface area (Å²) >= 11 is 0. The predicted octanol–water partition coefficient (Wildman–Crippen LogP) is 1.84. The van der Waals surface area contributed by atoms with Gasteiger partial charge in [0.2, 0.25) is 21.8 Å². The number of methoxy groups -OCH3 is 1. The number of aromatic nitrogens is 1. The molecule has 2 amide bonds. The van der Waals surface area contributed by atoms with E-state index in [2.05, 4.69) is 11.9 Å². The number of carbonyl (C=O) groups excluding carboxylic acids is 2. The van der Waals surface area contributed by atoms with Gasteiger partial charge in [0, 0.05) is 51.7 Å². The Kier molecular flexibility index (Phi) is 9.18. The van der Waals surface area contributed by atoms with Crippen LogP contribution in [0.3, 0.4) is 0 Å². The molecule has 1 N–H and O–H groups in total. The number of ether oxygens (including phenoxy) is 1. The molecule has 0 aliphatic rings. The third-order valence-electron chi connectivity index (χ3n) is 4.78. The van der Waals surface area contributed by atoms with Gasteiger partial charge in [0.15, 0.2) is 0 Å². The molecule has 2 rings (SSSR count). The highest BCUT2D eigenvalue weighted by atomic mass is 32.2. The third kappa shape index (κ3) is 6.78. The Balaban J connectivity index is 2.23. The van der Waals surface area contributed by atoms with Crippen molar-refractivity contribution in [3.63, 3.8) is 0 Å². The maximum absolute atomic E-state index is 13.2. The Morgan fingerprint density at radius 3 is 2.44 bits per heavy atom. The molecule has 32 heavy (non-hydrogen) atoms. The van der Waals surface area contributed by atoms with Crippen molar-refractivity contribution in [2.75, 3.05) is 38.7 Å². The number of aryl methyl sites for hydroxylation is 1. The standard InChI is InChI=1S/C22H30N4O5S/c1-5-12-26(32(29,30)21-10-8-19(9-11-21)23-18(2)27)17-22(28)25(14-15-31-4)16-20-7-6-13-24(20)3/h5-11,13H,1,12,14-17H2,2-4H3,(H,23,27). The Hall–Kier alpha value is -2.95. The summed E-state index contributed by atoms with van der Waals surface area (Å²) in [6.07, 6.45) is 3.32. The van der Waals surface area contributed by atoms with E-state index in [-0.39, 0.29) is 29.8 Å². The van der Waals surface area contributed by atoms with Crippen molar-refractivity contribution in [1.82, 2.24) is 13.8 Å². The summed E-state index contributed by atoms with van der Waals surface area (Å²) in [5, 5.41) is 2.59. The van der Waals surface area contributed by atoms with E-state index in [4.69, 9.17) is 4.74 Å². The zero-order valence-corrected chi connectivity index (χ0v) is 19.5. The fourth-order valence-corrected chi connectivity index (χ4v) is 4.42. The number of sulfonamides is 1. The van der Waals surface area contributed by atoms with Crippen LogP contribution in [0.25, 0.3) is 0 Å². The average Bonchev–Trinajstić information content (AvgIpc) is 3.15. The van der Waals surface area contributed by atoms with Gasteiger partial charge in [-0.25, -0.2) is 8.42 Å². The van der Waals surface area contributed by atoms with E-state index in [0.717, 1.165) is 10.00 Å². The molecule has 1 heterocycles. The van der Waals surface area contributed by atoms with Gasteiger partial charge in [0.25, 0.3) is 0 Å². The second-order valence-electron chi connectivity index (χ2n) is 7.21. The molecule has 1 aromatic heterocycles. The molecular formula is C22H30N4O5S. The van der Waals surface area contributed by atoms with Gasteiger partial charge in [0.05, 0.1) is 24.6 Å². The lowest BCUT2D eigenvalue weighted by molar-refractivity contribution is -0.132. The van der Waals surface area contributed by atoms with Crippen LogP contribution >= 0.6 is 0 Å². The van der Waals surface area contributed by atoms with Gasteiger partial charge in [-0.15, -0.1) is 6.58 Å². The van der Waals surface area contributed by atoms with E-state index >= 15 is 0 Å². The van der Waals surface area contributed by atoms with Crippen LogP contribution in [0.5, 0.6) is 0 Å². The summed E-state index contributed by atoms with van der Waals surface area (Å²) in [4.78, 5) is 25.9. The number of hydrogen-bond acceptors (Lipinski definition) is 5. The molecule has 10 heteroatoms. The molecule has 0 atom stereocenters. The molecular weight excluding hydrogens is 432 g/mol. The quantitative estimate of drug-likeness (QED) is 0.485. The Labute approximate surface area is 189 Å². The fraction of sp³-hybridized carbons (Fsp3) is 0.364. The lowest BCUT2D eigenvalue weighted by Gasteiger charge is -2.27. The summed E-state index contributed by atoms with van der Waals surface area (Å²) in [6.45, 7) is 5.62. The first kappa shape index (κ1) is 25.3. The van der Waals surface area contributed by atoms with Crippen LogP contribution in [-0.4, -0.2) is 67.4 Å². The number of hydrogen-bond donors (Lipinski definition) is 1. The molecule has 174 valence electrons. The minimum Gasteiger partial charge on any atom is -0.383 e. The van der Waals surface area contributed by atoms with Crippen LogP contribution in [0, 0.1) is 0 Å². The number of nitrogens with one attached hydrogen (secondary N) is 1. The van der Waals surface area contributed by atoms with Crippen molar-refractivity contribution in [2.45, 2.75) is 18.4 Å². The van der Waals surface area contributed by atoms with Crippen molar-refractivity contribution in [3.8, 4) is 0 Å². The van der Waals surface area contributed by atoms with Gasteiger partial charge in [0.1, 0.15) is 0 Å². The molecule has 2 aromatic rings. The highest BCUT2D eigenvalue weighted by Gasteiger charge is 2.28. The minimum atomic E-state index is -3.96. The predicted molar refractivity (Wildman–Crippen MR) is 122 cm³/mol. The molecule has 1 aromatic carbocycles. The Morgan fingerprint density at radius 2 is 1.91 bits per heavy atom. The van der Waals surface area contributed by atoms with E-state index in [9.17, 15) is 18.0 Å². The highest BCUT2D eigenvalue weighted by Crippen LogP contribution is 2.19. The van der Waals surface area contributed by atoms with Gasteiger partial charge in [-0.3, -0.25) is 9.59 Å². The smallest absolute Gasteiger partial charge is 0.243 e. The molecule has 0 saturated heterocycles. The van der Waals surface area contributed by atoms with Crippen molar-refractivity contribution >= 4 is 27.5 Å². The van der Waals surface area contributed by atoms with Crippen LogP contribution < -0.4 is 5.32 Å². The van der Waals surface area contributed by atoms with Gasteiger partial charge < -0.3 is 19.5 Å². The van der Waals surface area contributed by atoms with Crippen LogP contribution in [0.2, 0.25) is 0 Å². The second kappa shape index (κ2) is 11.6. The third-order valence-corrected chi connectivity index (χ3v) is 6.60. The molecule has 0 aliphatic carbocycles. The first-order valence-electron chi connectivity index (χ1n) is 10.0. The fourth-order valence-electron chi connectivity index (χ4n) is 3.05. The summed E-state index contributed by atoms with van der Waals surface area (Å²) in [6, 6.07) is 9.59. The maximum Gasteiger partial charge on any atom is 0.243 e. The lowest BCUT2D eigenvalue weighted by Crippen LogP contribution is -2.44. The molecule has 0 bridgehead atoms. The normalized spacial score (nSPS) is 11.4. The van der Waals surface area contributed by atoms with Gasteiger partial charge in [-0.05, 0) is 36.4 Å². The van der Waals surface area contributed by atoms with Crippen molar-refractivity contribution < 1.29 is 22.7 Å². The average molecular weight is 463 g/mol. The first-order valence-corrected chi connectivity index (χ1v) is 11.5. The van der Waals surface area contributed by atoms with Crippen molar-refractivity contribution in [2.24, 2.45) is 7.05 Å². The zero-order valence-electron chi connectivity index (χ0n) is 18.7. The molecule has 0 aliphatic heterocycles. The molecule has 9 nitrogen and oxygen atoms in total. The van der Waals surface area contributed by atoms with E-state index in [1.54, 1.807) is 12.0 Å². The number of carbonyl (C=O) groups is 2. The molecule has 0 saturated carbocycles. The monoisotopic (exact) mass is 462 g/mol. The highest BCUT2D eigenvalue weighted by molar-refractivity contribution is 7.89. The van der Waals surface area contributed by atoms with Crippen LogP contribution in [0.15, 0.2) is 60.1 Å². The van der Waals surface area contributed by atoms with Crippen molar-refractivity contribution in [1.29, 1.82) is 0 Å². The van der Waals surface area contributed by atoms with Crippen LogP contribution in [0.1, 0.15) is 12.6 Å². The molecule has 0 spiro atoms. The maximum atomic E-state index is 13.2. The second-order valence-corrected chi connectivity index (χ2v) is 9.15. The molecule has 0 radical (unpaired) electrons. The Morgan fingerprint density at radius 1 is 1.22 bits per heavy atom. The summed E-state index contributed by atoms with van der Waals surface area (Å²) < 4.78 is 34.5. The first-order chi connectivity index (χ1) is 15.2. The summed E-state index contributed by atoms with van der Waals surface area (Å²) in [7, 11) is -0.534. The molecule has 0 unspecified atom stereocenters. The SMILES string of the molecule is C=CCN(CC(=O)N(CCOC)Cc1cccn1C)S(=O)(=O)c1ccc(NC(C)=O)cc1.